The van der Waals surface area contributed by atoms with Gasteiger partial charge in [-0.05, 0) is 62.8 Å². The summed E-state index contributed by atoms with van der Waals surface area (Å²) in [5.74, 6) is -0.157. The van der Waals surface area contributed by atoms with E-state index in [0.717, 1.165) is 12.1 Å². The smallest absolute Gasteiger partial charge is 0.233 e. The molecule has 2 aliphatic rings. The predicted octanol–water partition coefficient (Wildman–Crippen LogP) is 4.83. The molecule has 1 saturated heterocycles. The van der Waals surface area contributed by atoms with Crippen molar-refractivity contribution in [3.8, 4) is 0 Å². The number of carbonyl (C=O) groups is 1. The minimum atomic E-state index is -0.345. The molecule has 0 saturated carbocycles. The quantitative estimate of drug-likeness (QED) is 0.698. The number of piperidine rings is 1. The predicted molar refractivity (Wildman–Crippen MR) is 125 cm³/mol. The minimum Gasteiger partial charge on any atom is -0.368 e. The standard InChI is InChI=1S/C25H35N5O/c1-4-5-12-23(30-16(2)8-6-9-17(30)3)18-10-7-11-21-19(18)15-20(24(31)28-21)22-13-14-27-25(26)29-22/h7,10-11,13-14,16-17,20,23H,4-6,8-9,12,15H2,1-3H3,(H,28,31)(H2,26,27,29). The van der Waals surface area contributed by atoms with E-state index < -0.39 is 0 Å². The highest BCUT2D eigenvalue weighted by molar-refractivity contribution is 5.99. The minimum absolute atomic E-state index is 0.0208. The van der Waals surface area contributed by atoms with Crippen LogP contribution in [0.25, 0.3) is 0 Å². The Kier molecular flexibility index (Phi) is 6.56. The van der Waals surface area contributed by atoms with E-state index in [0.29, 0.717) is 30.2 Å². The van der Waals surface area contributed by atoms with E-state index in [4.69, 9.17) is 5.73 Å². The van der Waals surface area contributed by atoms with Gasteiger partial charge in [-0.3, -0.25) is 9.69 Å². The fourth-order valence-corrected chi connectivity index (χ4v) is 5.52. The molecule has 0 aliphatic carbocycles. The number of fused-ring (bicyclic) bond motifs is 1. The molecule has 1 aromatic carbocycles. The molecule has 0 bridgehead atoms. The maximum absolute atomic E-state index is 12.9. The summed E-state index contributed by atoms with van der Waals surface area (Å²) in [5, 5.41) is 3.15. The molecule has 4 rings (SSSR count). The van der Waals surface area contributed by atoms with Gasteiger partial charge >= 0.3 is 0 Å². The monoisotopic (exact) mass is 421 g/mol. The van der Waals surface area contributed by atoms with Gasteiger partial charge in [0.15, 0.2) is 0 Å². The lowest BCUT2D eigenvalue weighted by Crippen LogP contribution is -2.46. The van der Waals surface area contributed by atoms with Crippen LogP contribution in [0, 0.1) is 0 Å². The van der Waals surface area contributed by atoms with Crippen molar-refractivity contribution in [1.29, 1.82) is 0 Å². The molecule has 1 aromatic heterocycles. The van der Waals surface area contributed by atoms with E-state index in [9.17, 15) is 4.79 Å². The first kappa shape index (κ1) is 21.8. The first-order valence-electron chi connectivity index (χ1n) is 11.8. The van der Waals surface area contributed by atoms with Crippen molar-refractivity contribution >= 4 is 17.5 Å². The number of aromatic nitrogens is 2. The third-order valence-corrected chi connectivity index (χ3v) is 7.06. The second-order valence-electron chi connectivity index (χ2n) is 9.19. The van der Waals surface area contributed by atoms with Crippen LogP contribution in [0.15, 0.2) is 30.5 Å². The van der Waals surface area contributed by atoms with Crippen molar-refractivity contribution < 1.29 is 4.79 Å². The molecular weight excluding hydrogens is 386 g/mol. The van der Waals surface area contributed by atoms with Crippen LogP contribution in [-0.2, 0) is 11.2 Å². The van der Waals surface area contributed by atoms with Gasteiger partial charge in [0.1, 0.15) is 0 Å². The Morgan fingerprint density at radius 3 is 2.71 bits per heavy atom. The van der Waals surface area contributed by atoms with Gasteiger partial charge in [-0.25, -0.2) is 9.97 Å². The Bertz CT molecular complexity index is 920. The molecule has 31 heavy (non-hydrogen) atoms. The third-order valence-electron chi connectivity index (χ3n) is 7.06. The van der Waals surface area contributed by atoms with Crippen molar-refractivity contribution in [2.24, 2.45) is 0 Å². The first-order valence-corrected chi connectivity index (χ1v) is 11.8. The van der Waals surface area contributed by atoms with Crippen LogP contribution >= 0.6 is 0 Å². The maximum Gasteiger partial charge on any atom is 0.233 e. The fraction of sp³-hybridized carbons (Fsp3) is 0.560. The number of nitrogens with zero attached hydrogens (tertiary/aromatic N) is 3. The molecular formula is C25H35N5O. The van der Waals surface area contributed by atoms with E-state index in [1.165, 1.54) is 43.2 Å². The summed E-state index contributed by atoms with van der Waals surface area (Å²) in [4.78, 5) is 24.0. The number of likely N-dealkylation sites (tertiary alicyclic amines) is 1. The molecule has 0 spiro atoms. The fourth-order valence-electron chi connectivity index (χ4n) is 5.52. The van der Waals surface area contributed by atoms with E-state index in [1.807, 2.05) is 6.07 Å². The Morgan fingerprint density at radius 2 is 2.00 bits per heavy atom. The van der Waals surface area contributed by atoms with Gasteiger partial charge in [0.2, 0.25) is 11.9 Å². The van der Waals surface area contributed by atoms with E-state index in [1.54, 1.807) is 12.3 Å². The second-order valence-corrected chi connectivity index (χ2v) is 9.19. The van der Waals surface area contributed by atoms with Crippen molar-refractivity contribution in [2.45, 2.75) is 89.8 Å². The summed E-state index contributed by atoms with van der Waals surface area (Å²) in [7, 11) is 0. The van der Waals surface area contributed by atoms with Gasteiger partial charge < -0.3 is 11.1 Å². The molecule has 6 nitrogen and oxygen atoms in total. The Morgan fingerprint density at radius 1 is 1.23 bits per heavy atom. The normalized spacial score (nSPS) is 25.0. The number of amides is 1. The number of anilines is 2. The van der Waals surface area contributed by atoms with Gasteiger partial charge in [0.05, 0.1) is 11.6 Å². The number of benzene rings is 1. The van der Waals surface area contributed by atoms with Crippen LogP contribution in [0.5, 0.6) is 0 Å². The lowest BCUT2D eigenvalue weighted by atomic mass is 9.83. The molecule has 6 heteroatoms. The molecule has 0 radical (unpaired) electrons. The molecule has 1 amide bonds. The van der Waals surface area contributed by atoms with Crippen LogP contribution in [0.2, 0.25) is 0 Å². The Hall–Kier alpha value is -2.47. The third kappa shape index (κ3) is 4.45. The largest absolute Gasteiger partial charge is 0.368 e. The summed E-state index contributed by atoms with van der Waals surface area (Å²) < 4.78 is 0. The summed E-state index contributed by atoms with van der Waals surface area (Å²) in [6.45, 7) is 7.01. The van der Waals surface area contributed by atoms with Crippen LogP contribution in [0.1, 0.15) is 88.1 Å². The van der Waals surface area contributed by atoms with E-state index >= 15 is 0 Å². The van der Waals surface area contributed by atoms with Gasteiger partial charge in [0, 0.05) is 30.0 Å². The first-order chi connectivity index (χ1) is 15.0. The van der Waals surface area contributed by atoms with E-state index in [2.05, 4.69) is 53.1 Å². The summed E-state index contributed by atoms with van der Waals surface area (Å²) in [5.41, 5.74) is 10.0. The van der Waals surface area contributed by atoms with Crippen LogP contribution in [0.4, 0.5) is 11.6 Å². The van der Waals surface area contributed by atoms with Crippen molar-refractivity contribution in [3.05, 3.63) is 47.3 Å². The van der Waals surface area contributed by atoms with Crippen molar-refractivity contribution in [2.75, 3.05) is 11.1 Å². The topological polar surface area (TPSA) is 84.1 Å². The molecule has 2 aromatic rings. The zero-order valence-corrected chi connectivity index (χ0v) is 19.0. The SMILES string of the molecule is CCCCC(c1cccc2c1CC(c1ccnc(N)n1)C(=O)N2)N1C(C)CCCC1C. The molecule has 2 aliphatic heterocycles. The number of nitrogens with two attached hydrogens (primary N) is 1. The lowest BCUT2D eigenvalue weighted by Gasteiger charge is -2.45. The molecule has 4 unspecified atom stereocenters. The Balaban J connectivity index is 1.73. The lowest BCUT2D eigenvalue weighted by molar-refractivity contribution is -0.117. The van der Waals surface area contributed by atoms with Crippen LogP contribution in [0.3, 0.4) is 0 Å². The van der Waals surface area contributed by atoms with Gasteiger partial charge in [-0.15, -0.1) is 0 Å². The molecule has 166 valence electrons. The number of unbranched alkanes of at least 4 members (excludes halogenated alkanes) is 1. The summed E-state index contributed by atoms with van der Waals surface area (Å²) >= 11 is 0. The highest BCUT2D eigenvalue weighted by Gasteiger charge is 2.36. The second kappa shape index (κ2) is 9.35. The molecule has 3 N–H and O–H groups in total. The number of hydrogen-bond donors (Lipinski definition) is 2. The highest BCUT2D eigenvalue weighted by Crippen LogP contribution is 2.41. The Labute approximate surface area is 185 Å². The zero-order valence-electron chi connectivity index (χ0n) is 19.0. The van der Waals surface area contributed by atoms with Crippen molar-refractivity contribution in [3.63, 3.8) is 0 Å². The summed E-state index contributed by atoms with van der Waals surface area (Å²) in [6.07, 6.45) is 9.61. The average molecular weight is 422 g/mol. The van der Waals surface area contributed by atoms with Crippen LogP contribution < -0.4 is 11.1 Å². The molecule has 3 heterocycles. The summed E-state index contributed by atoms with van der Waals surface area (Å²) in [6, 6.07) is 9.70. The van der Waals surface area contributed by atoms with Crippen LogP contribution in [-0.4, -0.2) is 32.9 Å². The molecule has 1 fully saturated rings. The number of nitrogens with one attached hydrogen (secondary N) is 1. The number of hydrogen-bond acceptors (Lipinski definition) is 5. The molecule has 4 atom stereocenters. The van der Waals surface area contributed by atoms with Crippen molar-refractivity contribution in [1.82, 2.24) is 14.9 Å². The maximum atomic E-state index is 12.9. The van der Waals surface area contributed by atoms with Gasteiger partial charge in [-0.1, -0.05) is 38.3 Å². The van der Waals surface area contributed by atoms with E-state index in [-0.39, 0.29) is 17.8 Å². The van der Waals surface area contributed by atoms with Gasteiger partial charge in [-0.2, -0.15) is 0 Å². The highest BCUT2D eigenvalue weighted by atomic mass is 16.2. The number of carbonyl (C=O) groups excluding carboxylic acids is 1. The zero-order chi connectivity index (χ0) is 22.0. The number of rotatable bonds is 6. The van der Waals surface area contributed by atoms with Gasteiger partial charge in [0.25, 0.3) is 0 Å². The average Bonchev–Trinajstić information content (AvgIpc) is 2.75. The number of nitrogen functional groups attached to an aromatic ring is 1.